The Labute approximate surface area is 130 Å². The molecule has 2 aromatic rings. The molecule has 118 valence electrons. The number of amides is 1. The summed E-state index contributed by atoms with van der Waals surface area (Å²) in [6, 6.07) is 7.34. The highest BCUT2D eigenvalue weighted by Gasteiger charge is 2.11. The van der Waals surface area contributed by atoms with Crippen molar-refractivity contribution in [1.29, 1.82) is 0 Å². The third kappa shape index (κ3) is 4.16. The van der Waals surface area contributed by atoms with Gasteiger partial charge in [0, 0.05) is 11.4 Å². The quantitative estimate of drug-likeness (QED) is 0.890. The molecule has 0 aliphatic carbocycles. The summed E-state index contributed by atoms with van der Waals surface area (Å²) in [5.74, 6) is 0.543. The molecule has 0 spiro atoms. The molecular formula is C17H23N3O2. The van der Waals surface area contributed by atoms with Crippen molar-refractivity contribution in [1.82, 2.24) is 15.1 Å². The number of nitrogens with one attached hydrogen (secondary N) is 1. The lowest BCUT2D eigenvalue weighted by Gasteiger charge is -2.16. The van der Waals surface area contributed by atoms with E-state index < -0.39 is 0 Å². The minimum Gasteiger partial charge on any atom is -0.352 e. The van der Waals surface area contributed by atoms with E-state index in [2.05, 4.69) is 24.3 Å². The number of carbonyl (C=O) groups excluding carboxylic acids is 1. The van der Waals surface area contributed by atoms with Gasteiger partial charge in [-0.05, 0) is 37.8 Å². The molecule has 0 radical (unpaired) electrons. The molecule has 0 aliphatic rings. The normalized spacial score (nSPS) is 12.5. The predicted molar refractivity (Wildman–Crippen MR) is 87.7 cm³/mol. The van der Waals surface area contributed by atoms with Gasteiger partial charge in [-0.25, -0.2) is 0 Å². The molecule has 0 aliphatic heterocycles. The zero-order valence-electron chi connectivity index (χ0n) is 13.4. The van der Waals surface area contributed by atoms with E-state index in [1.165, 1.54) is 6.20 Å². The number of para-hydroxylation sites is 1. The van der Waals surface area contributed by atoms with Crippen LogP contribution in [0.2, 0.25) is 0 Å². The van der Waals surface area contributed by atoms with E-state index in [4.69, 9.17) is 0 Å². The molecule has 5 nitrogen and oxygen atoms in total. The van der Waals surface area contributed by atoms with Gasteiger partial charge in [0.2, 0.25) is 11.3 Å². The smallest absolute Gasteiger partial charge is 0.241 e. The Kier molecular flexibility index (Phi) is 5.31. The van der Waals surface area contributed by atoms with Crippen LogP contribution in [-0.2, 0) is 11.3 Å². The molecule has 22 heavy (non-hydrogen) atoms. The van der Waals surface area contributed by atoms with E-state index >= 15 is 0 Å². The maximum absolute atomic E-state index is 12.1. The summed E-state index contributed by atoms with van der Waals surface area (Å²) in [6.07, 6.45) is 3.31. The molecule has 0 bridgehead atoms. The number of carbonyl (C=O) groups is 1. The lowest BCUT2D eigenvalue weighted by atomic mass is 10.0. The molecule has 1 N–H and O–H groups in total. The van der Waals surface area contributed by atoms with E-state index in [1.54, 1.807) is 16.8 Å². The molecule has 2 rings (SSSR count). The van der Waals surface area contributed by atoms with Crippen LogP contribution in [0.25, 0.3) is 10.9 Å². The number of hydrogen-bond acceptors (Lipinski definition) is 3. The molecule has 1 amide bonds. The molecule has 0 unspecified atom stereocenters. The van der Waals surface area contributed by atoms with Gasteiger partial charge in [-0.15, -0.1) is 0 Å². The average Bonchev–Trinajstić information content (AvgIpc) is 2.48. The molecule has 0 saturated heterocycles. The Morgan fingerprint density at radius 1 is 1.23 bits per heavy atom. The van der Waals surface area contributed by atoms with Crippen molar-refractivity contribution >= 4 is 16.8 Å². The van der Waals surface area contributed by atoms with Crippen LogP contribution in [-0.4, -0.2) is 21.7 Å². The molecule has 0 saturated carbocycles. The first kappa shape index (κ1) is 16.2. The monoisotopic (exact) mass is 301 g/mol. The Balaban J connectivity index is 2.06. The summed E-state index contributed by atoms with van der Waals surface area (Å²) in [5, 5.41) is 7.64. The third-order valence-electron chi connectivity index (χ3n) is 3.64. The molecule has 5 heteroatoms. The third-order valence-corrected chi connectivity index (χ3v) is 3.64. The number of hydrogen-bond donors (Lipinski definition) is 1. The van der Waals surface area contributed by atoms with Gasteiger partial charge >= 0.3 is 0 Å². The molecular weight excluding hydrogens is 278 g/mol. The summed E-state index contributed by atoms with van der Waals surface area (Å²) < 4.78 is 1.57. The summed E-state index contributed by atoms with van der Waals surface area (Å²) in [7, 11) is 0. The highest BCUT2D eigenvalue weighted by molar-refractivity contribution is 5.81. The summed E-state index contributed by atoms with van der Waals surface area (Å²) in [5.41, 5.74) is 0.553. The van der Waals surface area contributed by atoms with Crippen molar-refractivity contribution in [2.24, 2.45) is 5.92 Å². The van der Waals surface area contributed by atoms with Gasteiger partial charge in [0.25, 0.3) is 0 Å². The van der Waals surface area contributed by atoms with Crippen LogP contribution in [0, 0.1) is 5.92 Å². The Morgan fingerprint density at radius 2 is 1.95 bits per heavy atom. The fourth-order valence-electron chi connectivity index (χ4n) is 2.40. The van der Waals surface area contributed by atoms with Gasteiger partial charge in [0.1, 0.15) is 6.54 Å². The summed E-state index contributed by atoms with van der Waals surface area (Å²) in [6.45, 7) is 6.47. The minimum atomic E-state index is -0.127. The molecule has 1 atom stereocenters. The number of benzene rings is 1. The summed E-state index contributed by atoms with van der Waals surface area (Å²) >= 11 is 0. The second-order valence-corrected chi connectivity index (χ2v) is 6.12. The number of rotatable bonds is 6. The topological polar surface area (TPSA) is 64.0 Å². The van der Waals surface area contributed by atoms with Gasteiger partial charge < -0.3 is 5.32 Å². The lowest BCUT2D eigenvalue weighted by Crippen LogP contribution is -2.36. The van der Waals surface area contributed by atoms with E-state index in [1.807, 2.05) is 19.1 Å². The second kappa shape index (κ2) is 7.20. The van der Waals surface area contributed by atoms with Crippen LogP contribution in [0.1, 0.15) is 33.6 Å². The first-order valence-electron chi connectivity index (χ1n) is 7.71. The molecule has 1 heterocycles. The van der Waals surface area contributed by atoms with Crippen molar-refractivity contribution < 1.29 is 4.79 Å². The van der Waals surface area contributed by atoms with Crippen LogP contribution in [0.5, 0.6) is 0 Å². The van der Waals surface area contributed by atoms with Crippen LogP contribution in [0.15, 0.2) is 35.3 Å². The second-order valence-electron chi connectivity index (χ2n) is 6.12. The van der Waals surface area contributed by atoms with E-state index in [-0.39, 0.29) is 23.9 Å². The largest absolute Gasteiger partial charge is 0.352 e. The van der Waals surface area contributed by atoms with Gasteiger partial charge in [-0.3, -0.25) is 14.3 Å². The maximum atomic E-state index is 12.1. The van der Waals surface area contributed by atoms with Crippen molar-refractivity contribution in [2.45, 2.75) is 46.2 Å². The van der Waals surface area contributed by atoms with Gasteiger partial charge in [0.05, 0.1) is 11.7 Å². The lowest BCUT2D eigenvalue weighted by molar-refractivity contribution is -0.122. The molecule has 1 aromatic heterocycles. The Bertz CT molecular complexity index is 706. The maximum Gasteiger partial charge on any atom is 0.241 e. The Hall–Kier alpha value is -2.17. The number of nitrogens with zero attached hydrogens (tertiary/aromatic N) is 2. The highest BCUT2D eigenvalue weighted by atomic mass is 16.2. The molecule has 1 aromatic carbocycles. The fourth-order valence-corrected chi connectivity index (χ4v) is 2.40. The summed E-state index contributed by atoms with van der Waals surface area (Å²) in [4.78, 5) is 23.9. The minimum absolute atomic E-state index is 0.0856. The van der Waals surface area contributed by atoms with Crippen LogP contribution in [0.4, 0.5) is 0 Å². The van der Waals surface area contributed by atoms with Gasteiger partial charge in [0.15, 0.2) is 0 Å². The predicted octanol–water partition coefficient (Wildman–Crippen LogP) is 2.34. The molecule has 0 fully saturated rings. The number of fused-ring (bicyclic) bond motifs is 1. The van der Waals surface area contributed by atoms with Crippen LogP contribution in [0.3, 0.4) is 0 Å². The average molecular weight is 301 g/mol. The van der Waals surface area contributed by atoms with E-state index in [0.29, 0.717) is 16.8 Å². The highest BCUT2D eigenvalue weighted by Crippen LogP contribution is 2.08. The van der Waals surface area contributed by atoms with E-state index in [9.17, 15) is 9.59 Å². The Morgan fingerprint density at radius 3 is 2.68 bits per heavy atom. The zero-order valence-corrected chi connectivity index (χ0v) is 13.4. The fraction of sp³-hybridized carbons (Fsp3) is 0.471. The first-order chi connectivity index (χ1) is 10.5. The van der Waals surface area contributed by atoms with Crippen molar-refractivity contribution in [2.75, 3.05) is 0 Å². The van der Waals surface area contributed by atoms with Crippen LogP contribution >= 0.6 is 0 Å². The van der Waals surface area contributed by atoms with Gasteiger partial charge in [-0.2, -0.15) is 5.10 Å². The van der Waals surface area contributed by atoms with Crippen molar-refractivity contribution in [3.05, 3.63) is 40.7 Å². The first-order valence-corrected chi connectivity index (χ1v) is 7.71. The van der Waals surface area contributed by atoms with Crippen LogP contribution < -0.4 is 10.7 Å². The standard InChI is InChI=1S/C17H23N3O2/c1-12(2)8-9-13(3)19-17(22)11-20-15-7-5-4-6-14(15)16(21)10-18-20/h4-7,10,12-13H,8-9,11H2,1-3H3,(H,19,22)/t13-/m0/s1. The van der Waals surface area contributed by atoms with Crippen molar-refractivity contribution in [3.8, 4) is 0 Å². The number of aromatic nitrogens is 2. The van der Waals surface area contributed by atoms with Crippen molar-refractivity contribution in [3.63, 3.8) is 0 Å². The SMILES string of the molecule is CC(C)CC[C@H](C)NC(=O)Cn1ncc(=O)c2ccccc21. The van der Waals surface area contributed by atoms with Gasteiger partial charge in [-0.1, -0.05) is 26.0 Å². The van der Waals surface area contributed by atoms with E-state index in [0.717, 1.165) is 12.8 Å². The zero-order chi connectivity index (χ0) is 16.1.